The van der Waals surface area contributed by atoms with Crippen molar-refractivity contribution in [2.24, 2.45) is 7.05 Å². The highest BCUT2D eigenvalue weighted by Crippen LogP contribution is 2.45. The summed E-state index contributed by atoms with van der Waals surface area (Å²) in [7, 11) is 1.94. The predicted octanol–water partition coefficient (Wildman–Crippen LogP) is 1.64. The maximum absolute atomic E-state index is 12.8. The molecule has 0 radical (unpaired) electrons. The van der Waals surface area contributed by atoms with Gasteiger partial charge in [-0.1, -0.05) is 0 Å². The first kappa shape index (κ1) is 17.0. The highest BCUT2D eigenvalue weighted by molar-refractivity contribution is 5.78. The molecule has 1 aromatic heterocycles. The van der Waals surface area contributed by atoms with Gasteiger partial charge in [-0.25, -0.2) is 4.98 Å². The Morgan fingerprint density at radius 3 is 2.60 bits per heavy atom. The van der Waals surface area contributed by atoms with Crippen LogP contribution in [0.2, 0.25) is 0 Å². The summed E-state index contributed by atoms with van der Waals surface area (Å²) < 4.78 is 1.93. The van der Waals surface area contributed by atoms with Gasteiger partial charge in [0.2, 0.25) is 5.91 Å². The molecular weight excluding hydrogens is 316 g/mol. The number of aryl methyl sites for hydroxylation is 1. The van der Waals surface area contributed by atoms with Crippen molar-refractivity contribution in [2.45, 2.75) is 75.6 Å². The quantitative estimate of drug-likeness (QED) is 0.904. The van der Waals surface area contributed by atoms with E-state index in [0.29, 0.717) is 25.4 Å². The molecule has 138 valence electrons. The van der Waals surface area contributed by atoms with Crippen molar-refractivity contribution in [3.8, 4) is 0 Å². The van der Waals surface area contributed by atoms with Crippen molar-refractivity contribution in [3.05, 3.63) is 18.2 Å². The Kier molecular flexibility index (Phi) is 4.36. The van der Waals surface area contributed by atoms with E-state index in [2.05, 4.69) is 21.7 Å². The molecule has 4 heterocycles. The molecule has 3 saturated heterocycles. The summed E-state index contributed by atoms with van der Waals surface area (Å²) in [5.74, 6) is 1.03. The van der Waals surface area contributed by atoms with Crippen LogP contribution >= 0.6 is 0 Å². The van der Waals surface area contributed by atoms with Gasteiger partial charge < -0.3 is 14.6 Å². The number of hydrogen-bond acceptors (Lipinski definition) is 4. The van der Waals surface area contributed by atoms with E-state index >= 15 is 0 Å². The first-order chi connectivity index (χ1) is 12.0. The lowest BCUT2D eigenvalue weighted by molar-refractivity contribution is -0.139. The number of amides is 1. The van der Waals surface area contributed by atoms with Crippen LogP contribution < -0.4 is 0 Å². The molecule has 4 rings (SSSR count). The monoisotopic (exact) mass is 346 g/mol. The molecule has 3 aliphatic rings. The van der Waals surface area contributed by atoms with Crippen LogP contribution in [0.5, 0.6) is 0 Å². The standard InChI is InChI=1S/C19H30N4O2/c1-14-5-3-4-9-22(14)17(24)13-23-15-6-7-16(23)12-19(25,11-15)18-20-8-10-21(18)2/h8,10,14-16,25H,3-7,9,11-13H2,1-2H3/t14-,15-,16-/m0/s1. The lowest BCUT2D eigenvalue weighted by Crippen LogP contribution is -2.54. The number of carbonyl (C=O) groups is 1. The lowest BCUT2D eigenvalue weighted by Gasteiger charge is -2.44. The molecule has 1 aromatic rings. The van der Waals surface area contributed by atoms with Gasteiger partial charge in [0.1, 0.15) is 11.4 Å². The van der Waals surface area contributed by atoms with E-state index in [9.17, 15) is 9.90 Å². The van der Waals surface area contributed by atoms with E-state index in [4.69, 9.17) is 0 Å². The van der Waals surface area contributed by atoms with Crippen LogP contribution in [0.1, 0.15) is 57.7 Å². The van der Waals surface area contributed by atoms with E-state index in [-0.39, 0.29) is 18.0 Å². The van der Waals surface area contributed by atoms with Gasteiger partial charge in [-0.3, -0.25) is 9.69 Å². The maximum Gasteiger partial charge on any atom is 0.237 e. The van der Waals surface area contributed by atoms with Gasteiger partial charge in [-0.05, 0) is 51.9 Å². The molecular formula is C19H30N4O2. The molecule has 3 aliphatic heterocycles. The van der Waals surface area contributed by atoms with Gasteiger partial charge in [-0.15, -0.1) is 0 Å². The van der Waals surface area contributed by atoms with Crippen LogP contribution in [-0.2, 0) is 17.4 Å². The topological polar surface area (TPSA) is 61.6 Å². The van der Waals surface area contributed by atoms with E-state index in [1.54, 1.807) is 6.20 Å². The summed E-state index contributed by atoms with van der Waals surface area (Å²) >= 11 is 0. The third kappa shape index (κ3) is 2.99. The summed E-state index contributed by atoms with van der Waals surface area (Å²) in [4.78, 5) is 21.7. The maximum atomic E-state index is 12.8. The number of imidazole rings is 1. The minimum Gasteiger partial charge on any atom is -0.382 e. The fraction of sp³-hybridized carbons (Fsp3) is 0.789. The second-order valence-corrected chi connectivity index (χ2v) is 8.29. The third-order valence-electron chi connectivity index (χ3n) is 6.60. The van der Waals surface area contributed by atoms with Crippen LogP contribution in [-0.4, -0.2) is 61.6 Å². The van der Waals surface area contributed by atoms with E-state index in [0.717, 1.165) is 38.1 Å². The number of rotatable bonds is 3. The Morgan fingerprint density at radius 2 is 2.00 bits per heavy atom. The number of fused-ring (bicyclic) bond motifs is 2. The van der Waals surface area contributed by atoms with E-state index in [1.807, 2.05) is 17.8 Å². The minimum atomic E-state index is -0.859. The van der Waals surface area contributed by atoms with Gasteiger partial charge >= 0.3 is 0 Å². The van der Waals surface area contributed by atoms with Gasteiger partial charge in [0, 0.05) is 44.1 Å². The number of carbonyl (C=O) groups excluding carboxylic acids is 1. The van der Waals surface area contributed by atoms with E-state index in [1.165, 1.54) is 6.42 Å². The van der Waals surface area contributed by atoms with Crippen molar-refractivity contribution in [3.63, 3.8) is 0 Å². The summed E-state index contributed by atoms with van der Waals surface area (Å²) in [6.07, 6.45) is 10.6. The Hall–Kier alpha value is -1.40. The van der Waals surface area contributed by atoms with Crippen LogP contribution in [0.25, 0.3) is 0 Å². The average molecular weight is 346 g/mol. The largest absolute Gasteiger partial charge is 0.382 e. The smallest absolute Gasteiger partial charge is 0.237 e. The molecule has 6 heteroatoms. The fourth-order valence-electron chi connectivity index (χ4n) is 5.29. The van der Waals surface area contributed by atoms with Gasteiger partial charge in [0.15, 0.2) is 0 Å². The average Bonchev–Trinajstić information content (AvgIpc) is 3.11. The number of piperidine rings is 2. The second kappa shape index (κ2) is 6.40. The van der Waals surface area contributed by atoms with Gasteiger partial charge in [0.05, 0.1) is 6.54 Å². The van der Waals surface area contributed by atoms with Gasteiger partial charge in [-0.2, -0.15) is 0 Å². The van der Waals surface area contributed by atoms with Crippen molar-refractivity contribution in [1.82, 2.24) is 19.4 Å². The Morgan fingerprint density at radius 1 is 1.28 bits per heavy atom. The molecule has 1 amide bonds. The summed E-state index contributed by atoms with van der Waals surface area (Å²) in [5, 5.41) is 11.2. The Balaban J connectivity index is 1.46. The molecule has 0 unspecified atom stereocenters. The lowest BCUT2D eigenvalue weighted by atomic mass is 9.85. The number of nitrogens with zero attached hydrogens (tertiary/aromatic N) is 4. The molecule has 25 heavy (non-hydrogen) atoms. The highest BCUT2D eigenvalue weighted by atomic mass is 16.3. The van der Waals surface area contributed by atoms with E-state index < -0.39 is 5.60 Å². The SMILES string of the molecule is C[C@H]1CCCCN1C(=O)CN1[C@H]2CC[C@H]1CC(O)(c1nccn1C)C2. The molecule has 0 aliphatic carbocycles. The zero-order chi connectivity index (χ0) is 17.6. The van der Waals surface area contributed by atoms with Crippen molar-refractivity contribution in [1.29, 1.82) is 0 Å². The van der Waals surface area contributed by atoms with Crippen LogP contribution in [0.15, 0.2) is 12.4 Å². The third-order valence-corrected chi connectivity index (χ3v) is 6.60. The molecule has 0 spiro atoms. The van der Waals surface area contributed by atoms with Crippen LogP contribution in [0.4, 0.5) is 0 Å². The first-order valence-corrected chi connectivity index (χ1v) is 9.73. The normalized spacial score (nSPS) is 36.0. The molecule has 1 N–H and O–H groups in total. The number of hydrogen-bond donors (Lipinski definition) is 1. The van der Waals surface area contributed by atoms with Crippen LogP contribution in [0.3, 0.4) is 0 Å². The molecule has 6 nitrogen and oxygen atoms in total. The summed E-state index contributed by atoms with van der Waals surface area (Å²) in [6.45, 7) is 3.58. The predicted molar refractivity (Wildman–Crippen MR) is 94.9 cm³/mol. The number of aromatic nitrogens is 2. The van der Waals surface area contributed by atoms with Crippen molar-refractivity contribution in [2.75, 3.05) is 13.1 Å². The molecule has 0 aromatic carbocycles. The zero-order valence-corrected chi connectivity index (χ0v) is 15.4. The fourth-order valence-corrected chi connectivity index (χ4v) is 5.29. The zero-order valence-electron chi connectivity index (χ0n) is 15.4. The second-order valence-electron chi connectivity index (χ2n) is 8.29. The Labute approximate surface area is 149 Å². The number of likely N-dealkylation sites (tertiary alicyclic amines) is 1. The highest BCUT2D eigenvalue weighted by Gasteiger charge is 2.50. The molecule has 3 atom stereocenters. The first-order valence-electron chi connectivity index (χ1n) is 9.73. The summed E-state index contributed by atoms with van der Waals surface area (Å²) in [5.41, 5.74) is -0.859. The summed E-state index contributed by atoms with van der Waals surface area (Å²) in [6, 6.07) is 0.933. The number of aliphatic hydroxyl groups is 1. The van der Waals surface area contributed by atoms with Crippen molar-refractivity contribution >= 4 is 5.91 Å². The van der Waals surface area contributed by atoms with Crippen molar-refractivity contribution < 1.29 is 9.90 Å². The minimum absolute atomic E-state index is 0.270. The molecule has 3 fully saturated rings. The van der Waals surface area contributed by atoms with Crippen LogP contribution in [0, 0.1) is 0 Å². The molecule has 0 saturated carbocycles. The Bertz CT molecular complexity index is 629. The molecule has 2 bridgehead atoms. The van der Waals surface area contributed by atoms with Gasteiger partial charge in [0.25, 0.3) is 0 Å².